The third kappa shape index (κ3) is 2.32. The molecule has 0 saturated heterocycles. The Bertz CT molecular complexity index is 1130. The molecule has 7 heteroatoms. The van der Waals surface area contributed by atoms with Gasteiger partial charge in [-0.3, -0.25) is 4.79 Å². The second-order valence-electron chi connectivity index (χ2n) is 5.88. The number of hydrogen-bond donors (Lipinski definition) is 1. The normalized spacial score (nSPS) is 13.1. The standard InChI is InChI=1S/C18H13N5O2/c1-11(7-19)8-22-10-15-13(3-2-4-14(15)17(22)24)12-5-6-16-20-21-18(25)23(16)9-12/h2-6,9H,1,8,10H2,(H,21,25). The second kappa shape index (κ2) is 5.46. The van der Waals surface area contributed by atoms with E-state index in [0.717, 1.165) is 16.7 Å². The molecule has 3 aromatic rings. The third-order valence-corrected chi connectivity index (χ3v) is 4.31. The van der Waals surface area contributed by atoms with Gasteiger partial charge in [0.2, 0.25) is 0 Å². The predicted molar refractivity (Wildman–Crippen MR) is 90.7 cm³/mol. The summed E-state index contributed by atoms with van der Waals surface area (Å²) in [6.45, 7) is 4.27. The Hall–Kier alpha value is -3.66. The molecule has 0 bridgehead atoms. The number of nitrogens with zero attached hydrogens (tertiary/aromatic N) is 4. The van der Waals surface area contributed by atoms with Crippen LogP contribution in [-0.4, -0.2) is 31.9 Å². The topological polar surface area (TPSA) is 94.3 Å². The monoisotopic (exact) mass is 331 g/mol. The van der Waals surface area contributed by atoms with Gasteiger partial charge >= 0.3 is 5.69 Å². The molecule has 1 aliphatic heterocycles. The highest BCUT2D eigenvalue weighted by atomic mass is 16.2. The summed E-state index contributed by atoms with van der Waals surface area (Å²) in [5.41, 5.74) is 3.76. The molecule has 0 fully saturated rings. The van der Waals surface area contributed by atoms with E-state index in [1.54, 1.807) is 23.2 Å². The van der Waals surface area contributed by atoms with Gasteiger partial charge in [-0.05, 0) is 34.9 Å². The van der Waals surface area contributed by atoms with Gasteiger partial charge in [-0.25, -0.2) is 14.3 Å². The van der Waals surface area contributed by atoms with Crippen molar-refractivity contribution in [3.63, 3.8) is 0 Å². The average Bonchev–Trinajstić information content (AvgIpc) is 3.15. The minimum atomic E-state index is -0.313. The molecule has 0 aliphatic carbocycles. The van der Waals surface area contributed by atoms with Crippen molar-refractivity contribution >= 4 is 11.6 Å². The van der Waals surface area contributed by atoms with Gasteiger partial charge in [0.25, 0.3) is 5.91 Å². The van der Waals surface area contributed by atoms with Crippen LogP contribution < -0.4 is 5.69 Å². The van der Waals surface area contributed by atoms with Crippen molar-refractivity contribution in [1.82, 2.24) is 19.5 Å². The Kier molecular flexibility index (Phi) is 3.25. The number of H-pyrrole nitrogens is 1. The third-order valence-electron chi connectivity index (χ3n) is 4.31. The number of amides is 1. The number of aromatic nitrogens is 3. The maximum atomic E-state index is 12.6. The van der Waals surface area contributed by atoms with Gasteiger partial charge in [-0.15, -0.1) is 0 Å². The van der Waals surface area contributed by atoms with Gasteiger partial charge < -0.3 is 4.90 Å². The first-order chi connectivity index (χ1) is 12.1. The molecule has 7 nitrogen and oxygen atoms in total. The number of fused-ring (bicyclic) bond motifs is 2. The van der Waals surface area contributed by atoms with E-state index in [2.05, 4.69) is 16.8 Å². The van der Waals surface area contributed by atoms with E-state index in [1.807, 2.05) is 24.3 Å². The zero-order chi connectivity index (χ0) is 17.6. The minimum absolute atomic E-state index is 0.116. The van der Waals surface area contributed by atoms with Crippen molar-refractivity contribution in [1.29, 1.82) is 5.26 Å². The fraction of sp³-hybridized carbons (Fsp3) is 0.111. The molecule has 1 aliphatic rings. The number of benzene rings is 1. The number of nitriles is 1. The summed E-state index contributed by atoms with van der Waals surface area (Å²) in [5, 5.41) is 15.2. The van der Waals surface area contributed by atoms with Gasteiger partial charge in [0.15, 0.2) is 5.65 Å². The first-order valence-electron chi connectivity index (χ1n) is 7.64. The second-order valence-corrected chi connectivity index (χ2v) is 5.88. The van der Waals surface area contributed by atoms with Crippen LogP contribution in [0.5, 0.6) is 0 Å². The summed E-state index contributed by atoms with van der Waals surface area (Å²) in [7, 11) is 0. The largest absolute Gasteiger partial charge is 0.347 e. The van der Waals surface area contributed by atoms with Crippen LogP contribution in [0.3, 0.4) is 0 Å². The summed E-state index contributed by atoms with van der Waals surface area (Å²) in [6, 6.07) is 11.1. The van der Waals surface area contributed by atoms with Crippen molar-refractivity contribution in [3.05, 3.63) is 70.3 Å². The van der Waals surface area contributed by atoms with Gasteiger partial charge in [0.1, 0.15) is 0 Å². The number of nitrogens with one attached hydrogen (secondary N) is 1. The molecule has 25 heavy (non-hydrogen) atoms. The van der Waals surface area contributed by atoms with Crippen LogP contribution in [0.15, 0.2) is 53.5 Å². The van der Waals surface area contributed by atoms with Crippen molar-refractivity contribution < 1.29 is 4.79 Å². The molecule has 0 unspecified atom stereocenters. The Morgan fingerprint density at radius 3 is 2.88 bits per heavy atom. The van der Waals surface area contributed by atoms with E-state index >= 15 is 0 Å². The molecule has 1 aromatic carbocycles. The minimum Gasteiger partial charge on any atom is -0.329 e. The Balaban J connectivity index is 1.80. The lowest BCUT2D eigenvalue weighted by Gasteiger charge is -2.14. The lowest BCUT2D eigenvalue weighted by atomic mass is 9.98. The molecule has 3 heterocycles. The van der Waals surface area contributed by atoms with Crippen LogP contribution in [0, 0.1) is 11.3 Å². The molecule has 0 atom stereocenters. The Morgan fingerprint density at radius 2 is 2.08 bits per heavy atom. The highest BCUT2D eigenvalue weighted by molar-refractivity contribution is 6.00. The van der Waals surface area contributed by atoms with Crippen LogP contribution in [0.1, 0.15) is 15.9 Å². The van der Waals surface area contributed by atoms with E-state index in [0.29, 0.717) is 23.3 Å². The Morgan fingerprint density at radius 1 is 1.28 bits per heavy atom. The molecule has 0 radical (unpaired) electrons. The van der Waals surface area contributed by atoms with E-state index in [9.17, 15) is 9.59 Å². The van der Waals surface area contributed by atoms with Crippen LogP contribution in [0.25, 0.3) is 16.8 Å². The first kappa shape index (κ1) is 14.9. The van der Waals surface area contributed by atoms with Gasteiger partial charge in [-0.2, -0.15) is 10.4 Å². The molecule has 1 amide bonds. The lowest BCUT2D eigenvalue weighted by Crippen LogP contribution is -2.25. The summed E-state index contributed by atoms with van der Waals surface area (Å²) in [5.74, 6) is -0.116. The lowest BCUT2D eigenvalue weighted by molar-refractivity contribution is 0.0794. The predicted octanol–water partition coefficient (Wildman–Crippen LogP) is 1.73. The van der Waals surface area contributed by atoms with E-state index in [1.165, 1.54) is 4.40 Å². The first-order valence-corrected chi connectivity index (χ1v) is 7.64. The smallest absolute Gasteiger partial charge is 0.329 e. The zero-order valence-electron chi connectivity index (χ0n) is 13.2. The van der Waals surface area contributed by atoms with Crippen LogP contribution in [-0.2, 0) is 6.54 Å². The van der Waals surface area contributed by atoms with E-state index in [-0.39, 0.29) is 18.1 Å². The van der Waals surface area contributed by atoms with Crippen LogP contribution >= 0.6 is 0 Å². The summed E-state index contributed by atoms with van der Waals surface area (Å²) in [6.07, 6.45) is 1.71. The van der Waals surface area contributed by atoms with Gasteiger partial charge in [0.05, 0.1) is 12.6 Å². The highest BCUT2D eigenvalue weighted by Crippen LogP contribution is 2.32. The molecule has 122 valence electrons. The molecule has 4 rings (SSSR count). The average molecular weight is 331 g/mol. The molecular weight excluding hydrogens is 318 g/mol. The molecule has 1 N–H and O–H groups in total. The summed E-state index contributed by atoms with van der Waals surface area (Å²) >= 11 is 0. The number of pyridine rings is 1. The SMILES string of the molecule is C=C(C#N)CN1Cc2c(cccc2-c2ccc3n[nH]c(=O)n3c2)C1=O. The van der Waals surface area contributed by atoms with E-state index < -0.39 is 0 Å². The molecule has 0 saturated carbocycles. The van der Waals surface area contributed by atoms with Crippen molar-refractivity contribution in [2.24, 2.45) is 0 Å². The van der Waals surface area contributed by atoms with Crippen LogP contribution in [0.2, 0.25) is 0 Å². The summed E-state index contributed by atoms with van der Waals surface area (Å²) in [4.78, 5) is 26.0. The fourth-order valence-corrected chi connectivity index (χ4v) is 3.12. The van der Waals surface area contributed by atoms with Crippen molar-refractivity contribution in [3.8, 4) is 17.2 Å². The number of rotatable bonds is 3. The Labute approximate surface area is 142 Å². The number of aromatic amines is 1. The van der Waals surface area contributed by atoms with Crippen molar-refractivity contribution in [2.75, 3.05) is 6.54 Å². The quantitative estimate of drug-likeness (QED) is 0.739. The zero-order valence-corrected chi connectivity index (χ0v) is 13.2. The molecular formula is C18H13N5O2. The fourth-order valence-electron chi connectivity index (χ4n) is 3.12. The number of carbonyl (C=O) groups is 1. The molecule has 2 aromatic heterocycles. The maximum Gasteiger partial charge on any atom is 0.347 e. The highest BCUT2D eigenvalue weighted by Gasteiger charge is 2.29. The molecule has 0 spiro atoms. The summed E-state index contributed by atoms with van der Waals surface area (Å²) < 4.78 is 1.43. The van der Waals surface area contributed by atoms with E-state index in [4.69, 9.17) is 5.26 Å². The van der Waals surface area contributed by atoms with Crippen LogP contribution in [0.4, 0.5) is 0 Å². The van der Waals surface area contributed by atoms with Gasteiger partial charge in [0, 0.05) is 23.9 Å². The number of hydrogen-bond acceptors (Lipinski definition) is 4. The number of carbonyl (C=O) groups excluding carboxylic acids is 1. The maximum absolute atomic E-state index is 12.6. The van der Waals surface area contributed by atoms with Crippen molar-refractivity contribution in [2.45, 2.75) is 6.54 Å². The van der Waals surface area contributed by atoms with Gasteiger partial charge in [-0.1, -0.05) is 18.7 Å².